The van der Waals surface area contributed by atoms with E-state index in [1.165, 1.54) is 15.9 Å². The Kier molecular flexibility index (Phi) is 2.78. The second-order valence-corrected chi connectivity index (χ2v) is 5.16. The summed E-state index contributed by atoms with van der Waals surface area (Å²) in [5, 5.41) is 15.8. The van der Waals surface area contributed by atoms with E-state index in [2.05, 4.69) is 43.7 Å². The molecule has 1 aromatic carbocycles. The third kappa shape index (κ3) is 1.93. The lowest BCUT2D eigenvalue weighted by molar-refractivity contribution is 0.661. The van der Waals surface area contributed by atoms with Crippen molar-refractivity contribution in [2.45, 2.75) is 12.3 Å². The number of rotatable bonds is 3. The van der Waals surface area contributed by atoms with Gasteiger partial charge in [0.2, 0.25) is 0 Å². The number of anilines is 2. The number of nitrogens with two attached hydrogens (primary N) is 1. The molecule has 0 bridgehead atoms. The lowest BCUT2D eigenvalue weighted by Crippen LogP contribution is -2.19. The molecular formula is C14H15N7. The summed E-state index contributed by atoms with van der Waals surface area (Å²) >= 11 is 0. The van der Waals surface area contributed by atoms with Crippen molar-refractivity contribution in [3.63, 3.8) is 0 Å². The van der Waals surface area contributed by atoms with Crippen LogP contribution in [0.15, 0.2) is 36.4 Å². The smallest absolute Gasteiger partial charge is 0.200 e. The first-order valence-corrected chi connectivity index (χ1v) is 6.99. The summed E-state index contributed by atoms with van der Waals surface area (Å²) in [6.07, 6.45) is 0.973. The minimum absolute atomic E-state index is 0.442. The van der Waals surface area contributed by atoms with Gasteiger partial charge in [-0.3, -0.25) is 0 Å². The SMILES string of the molecule is NCCC1CN(c2ccc3nnnn3n2)c2ccccc21. The van der Waals surface area contributed by atoms with Crippen LogP contribution in [0.2, 0.25) is 0 Å². The molecule has 0 amide bonds. The predicted molar refractivity (Wildman–Crippen MR) is 78.4 cm³/mol. The molecule has 7 heteroatoms. The molecule has 1 unspecified atom stereocenters. The summed E-state index contributed by atoms with van der Waals surface area (Å²) in [7, 11) is 0. The van der Waals surface area contributed by atoms with Crippen molar-refractivity contribution < 1.29 is 0 Å². The van der Waals surface area contributed by atoms with E-state index in [9.17, 15) is 0 Å². The molecule has 1 atom stereocenters. The molecule has 0 aliphatic carbocycles. The van der Waals surface area contributed by atoms with Gasteiger partial charge in [0.1, 0.15) is 0 Å². The van der Waals surface area contributed by atoms with Gasteiger partial charge in [0, 0.05) is 18.2 Å². The highest BCUT2D eigenvalue weighted by atomic mass is 15.6. The standard InChI is InChI=1S/C14H15N7/c15-8-7-10-9-20(12-4-2-1-3-11(10)12)14-6-5-13-16-18-19-21(13)17-14/h1-6,10H,7-9,15H2. The van der Waals surface area contributed by atoms with Crippen LogP contribution >= 0.6 is 0 Å². The van der Waals surface area contributed by atoms with E-state index >= 15 is 0 Å². The van der Waals surface area contributed by atoms with Gasteiger partial charge >= 0.3 is 0 Å². The lowest BCUT2D eigenvalue weighted by Gasteiger charge is -2.18. The zero-order valence-corrected chi connectivity index (χ0v) is 11.4. The molecule has 0 saturated heterocycles. The first-order valence-electron chi connectivity index (χ1n) is 6.99. The van der Waals surface area contributed by atoms with Crippen LogP contribution in [0.4, 0.5) is 11.5 Å². The van der Waals surface area contributed by atoms with Crippen LogP contribution in [0.5, 0.6) is 0 Å². The summed E-state index contributed by atoms with van der Waals surface area (Å²) < 4.78 is 1.45. The minimum Gasteiger partial charge on any atom is -0.330 e. The fourth-order valence-electron chi connectivity index (χ4n) is 2.94. The van der Waals surface area contributed by atoms with Crippen LogP contribution in [0.25, 0.3) is 5.65 Å². The van der Waals surface area contributed by atoms with Crippen LogP contribution < -0.4 is 10.6 Å². The van der Waals surface area contributed by atoms with E-state index in [1.54, 1.807) is 0 Å². The van der Waals surface area contributed by atoms with E-state index < -0.39 is 0 Å². The highest BCUT2D eigenvalue weighted by Crippen LogP contribution is 2.41. The molecule has 3 heterocycles. The summed E-state index contributed by atoms with van der Waals surface area (Å²) in [5.74, 6) is 1.29. The number of hydrogen-bond donors (Lipinski definition) is 1. The number of aromatic nitrogens is 5. The van der Waals surface area contributed by atoms with Gasteiger partial charge in [0.25, 0.3) is 0 Å². The number of para-hydroxylation sites is 1. The highest BCUT2D eigenvalue weighted by molar-refractivity contribution is 5.69. The zero-order chi connectivity index (χ0) is 14.2. The topological polar surface area (TPSA) is 85.2 Å². The number of fused-ring (bicyclic) bond motifs is 2. The molecule has 0 saturated carbocycles. The molecule has 0 spiro atoms. The third-order valence-corrected chi connectivity index (χ3v) is 3.92. The van der Waals surface area contributed by atoms with Crippen LogP contribution in [-0.2, 0) is 0 Å². The number of tetrazole rings is 1. The summed E-state index contributed by atoms with van der Waals surface area (Å²) in [6.45, 7) is 1.57. The second kappa shape index (κ2) is 4.78. The Labute approximate surface area is 121 Å². The van der Waals surface area contributed by atoms with Gasteiger partial charge in [-0.2, -0.15) is 0 Å². The van der Waals surface area contributed by atoms with Gasteiger partial charge in [-0.1, -0.05) is 18.2 Å². The first-order chi connectivity index (χ1) is 10.4. The Hall–Kier alpha value is -2.54. The predicted octanol–water partition coefficient (Wildman–Crippen LogP) is 1.10. The molecule has 21 heavy (non-hydrogen) atoms. The average molecular weight is 281 g/mol. The van der Waals surface area contributed by atoms with Crippen LogP contribution in [0.3, 0.4) is 0 Å². The molecule has 3 aromatic rings. The number of hydrogen-bond acceptors (Lipinski definition) is 6. The average Bonchev–Trinajstić information content (AvgIpc) is 3.12. The summed E-state index contributed by atoms with van der Waals surface area (Å²) in [6, 6.07) is 12.2. The fourth-order valence-corrected chi connectivity index (χ4v) is 2.94. The van der Waals surface area contributed by atoms with Crippen molar-refractivity contribution in [3.8, 4) is 0 Å². The van der Waals surface area contributed by atoms with E-state index in [1.807, 2.05) is 18.2 Å². The third-order valence-electron chi connectivity index (χ3n) is 3.92. The van der Waals surface area contributed by atoms with Gasteiger partial charge in [-0.25, -0.2) is 0 Å². The maximum atomic E-state index is 5.75. The number of nitrogens with zero attached hydrogens (tertiary/aromatic N) is 6. The molecule has 0 fully saturated rings. The second-order valence-electron chi connectivity index (χ2n) is 5.16. The van der Waals surface area contributed by atoms with Gasteiger partial charge in [0.05, 0.1) is 0 Å². The Morgan fingerprint density at radius 1 is 1.19 bits per heavy atom. The molecule has 2 N–H and O–H groups in total. The lowest BCUT2D eigenvalue weighted by atomic mass is 9.98. The molecule has 2 aromatic heterocycles. The monoisotopic (exact) mass is 281 g/mol. The minimum atomic E-state index is 0.442. The van der Waals surface area contributed by atoms with E-state index in [4.69, 9.17) is 5.73 Å². The molecule has 4 rings (SSSR count). The van der Waals surface area contributed by atoms with Gasteiger partial charge in [-0.15, -0.1) is 14.8 Å². The zero-order valence-electron chi connectivity index (χ0n) is 11.4. The summed E-state index contributed by atoms with van der Waals surface area (Å²) in [5.41, 5.74) is 8.91. The maximum Gasteiger partial charge on any atom is 0.200 e. The normalized spacial score (nSPS) is 17.4. The summed E-state index contributed by atoms with van der Waals surface area (Å²) in [4.78, 5) is 2.21. The Bertz CT molecular complexity index is 782. The molecular weight excluding hydrogens is 266 g/mol. The van der Waals surface area contributed by atoms with Gasteiger partial charge < -0.3 is 10.6 Å². The fraction of sp³-hybridized carbons (Fsp3) is 0.286. The molecule has 1 aliphatic rings. The largest absolute Gasteiger partial charge is 0.330 e. The number of benzene rings is 1. The molecule has 1 aliphatic heterocycles. The van der Waals surface area contributed by atoms with Crippen molar-refractivity contribution in [2.75, 3.05) is 18.0 Å². The Morgan fingerprint density at radius 3 is 3.00 bits per heavy atom. The Balaban J connectivity index is 1.78. The van der Waals surface area contributed by atoms with Gasteiger partial charge in [-0.05, 0) is 47.2 Å². The van der Waals surface area contributed by atoms with Crippen LogP contribution in [0, 0.1) is 0 Å². The van der Waals surface area contributed by atoms with E-state index in [0.717, 1.165) is 18.8 Å². The van der Waals surface area contributed by atoms with Crippen molar-refractivity contribution >= 4 is 17.2 Å². The van der Waals surface area contributed by atoms with Crippen molar-refractivity contribution in [2.24, 2.45) is 5.73 Å². The van der Waals surface area contributed by atoms with Crippen molar-refractivity contribution in [1.29, 1.82) is 0 Å². The van der Waals surface area contributed by atoms with Crippen LogP contribution in [0.1, 0.15) is 17.9 Å². The van der Waals surface area contributed by atoms with E-state index in [0.29, 0.717) is 18.1 Å². The first kappa shape index (κ1) is 12.2. The van der Waals surface area contributed by atoms with Crippen molar-refractivity contribution in [3.05, 3.63) is 42.0 Å². The molecule has 7 nitrogen and oxygen atoms in total. The Morgan fingerprint density at radius 2 is 2.10 bits per heavy atom. The highest BCUT2D eigenvalue weighted by Gasteiger charge is 2.29. The van der Waals surface area contributed by atoms with Gasteiger partial charge in [0.15, 0.2) is 11.5 Å². The van der Waals surface area contributed by atoms with E-state index in [-0.39, 0.29) is 0 Å². The molecule has 0 radical (unpaired) electrons. The quantitative estimate of drug-likeness (QED) is 0.774. The maximum absolute atomic E-state index is 5.75. The van der Waals surface area contributed by atoms with Crippen LogP contribution in [-0.4, -0.2) is 38.3 Å². The van der Waals surface area contributed by atoms with Crippen molar-refractivity contribution in [1.82, 2.24) is 25.3 Å². The molecule has 106 valence electrons.